The van der Waals surface area contributed by atoms with Crippen LogP contribution in [-0.2, 0) is 11.2 Å². The Kier molecular flexibility index (Phi) is 4.59. The second-order valence-corrected chi connectivity index (χ2v) is 4.45. The van der Waals surface area contributed by atoms with E-state index in [9.17, 15) is 0 Å². The van der Waals surface area contributed by atoms with Crippen LogP contribution in [0, 0.1) is 0 Å². The van der Waals surface area contributed by atoms with Gasteiger partial charge in [-0.05, 0) is 30.5 Å². The largest absolute Gasteiger partial charge is 0.455 e. The van der Waals surface area contributed by atoms with Crippen LogP contribution in [0.4, 0.5) is 5.69 Å². The number of hydrogen-bond donors (Lipinski definition) is 1. The second-order valence-electron chi connectivity index (χ2n) is 4.45. The molecule has 1 heterocycles. The SMILES string of the molecule is CCCCCc1ccc(N2COC(CO)=N2)cc1. The third kappa shape index (κ3) is 3.23. The summed E-state index contributed by atoms with van der Waals surface area (Å²) in [6.45, 7) is 2.45. The van der Waals surface area contributed by atoms with E-state index in [1.807, 2.05) is 0 Å². The molecule has 0 aromatic heterocycles. The van der Waals surface area contributed by atoms with Crippen molar-refractivity contribution in [1.29, 1.82) is 0 Å². The van der Waals surface area contributed by atoms with Gasteiger partial charge in [0.05, 0.1) is 5.69 Å². The van der Waals surface area contributed by atoms with Crippen LogP contribution in [0.5, 0.6) is 0 Å². The topological polar surface area (TPSA) is 45.1 Å². The molecule has 1 N–H and O–H groups in total. The quantitative estimate of drug-likeness (QED) is 0.787. The summed E-state index contributed by atoms with van der Waals surface area (Å²) in [4.78, 5) is 0. The average Bonchev–Trinajstić information content (AvgIpc) is 2.89. The molecule has 2 rings (SSSR count). The number of nitrogens with zero attached hydrogens (tertiary/aromatic N) is 2. The number of unbranched alkanes of at least 4 members (excludes halogenated alkanes) is 2. The molecule has 1 aromatic rings. The van der Waals surface area contributed by atoms with Gasteiger partial charge in [0.2, 0.25) is 5.90 Å². The van der Waals surface area contributed by atoms with Crippen molar-refractivity contribution in [3.8, 4) is 0 Å². The zero-order valence-corrected chi connectivity index (χ0v) is 10.8. The van der Waals surface area contributed by atoms with E-state index in [1.54, 1.807) is 5.01 Å². The summed E-state index contributed by atoms with van der Waals surface area (Å²) in [7, 11) is 0. The fourth-order valence-corrected chi connectivity index (χ4v) is 1.95. The van der Waals surface area contributed by atoms with Gasteiger partial charge in [0.25, 0.3) is 0 Å². The zero-order chi connectivity index (χ0) is 12.8. The normalized spacial score (nSPS) is 14.6. The van der Waals surface area contributed by atoms with Crippen LogP contribution in [0.3, 0.4) is 0 Å². The van der Waals surface area contributed by atoms with Gasteiger partial charge >= 0.3 is 0 Å². The molecule has 18 heavy (non-hydrogen) atoms. The number of rotatable bonds is 6. The number of hydrazone groups is 1. The molecule has 1 aliphatic heterocycles. The van der Waals surface area contributed by atoms with E-state index in [0.29, 0.717) is 12.6 Å². The first-order chi connectivity index (χ1) is 8.83. The van der Waals surface area contributed by atoms with Crippen LogP contribution < -0.4 is 5.01 Å². The van der Waals surface area contributed by atoms with Gasteiger partial charge in [-0.3, -0.25) is 0 Å². The van der Waals surface area contributed by atoms with Gasteiger partial charge in [-0.25, -0.2) is 5.01 Å². The number of aliphatic hydroxyl groups is 1. The third-order valence-electron chi connectivity index (χ3n) is 3.02. The average molecular weight is 248 g/mol. The van der Waals surface area contributed by atoms with E-state index >= 15 is 0 Å². The van der Waals surface area contributed by atoms with Crippen LogP contribution >= 0.6 is 0 Å². The molecule has 0 amide bonds. The van der Waals surface area contributed by atoms with Crippen molar-refractivity contribution in [2.45, 2.75) is 32.6 Å². The van der Waals surface area contributed by atoms with E-state index in [4.69, 9.17) is 9.84 Å². The van der Waals surface area contributed by atoms with Crippen LogP contribution in [0.1, 0.15) is 31.7 Å². The van der Waals surface area contributed by atoms with E-state index in [-0.39, 0.29) is 6.61 Å². The standard InChI is InChI=1S/C14H20N2O2/c1-2-3-4-5-12-6-8-13(9-7-12)16-11-18-14(10-17)15-16/h6-9,17H,2-5,10-11H2,1H3. The fourth-order valence-electron chi connectivity index (χ4n) is 1.95. The molecule has 0 bridgehead atoms. The lowest BCUT2D eigenvalue weighted by Gasteiger charge is -2.11. The first-order valence-corrected chi connectivity index (χ1v) is 6.51. The van der Waals surface area contributed by atoms with Crippen LogP contribution in [0.25, 0.3) is 0 Å². The molecule has 0 fully saturated rings. The van der Waals surface area contributed by atoms with Crippen molar-refractivity contribution in [1.82, 2.24) is 0 Å². The summed E-state index contributed by atoms with van der Waals surface area (Å²) in [5.74, 6) is 0.377. The molecule has 0 atom stereocenters. The minimum Gasteiger partial charge on any atom is -0.455 e. The first-order valence-electron chi connectivity index (χ1n) is 6.51. The van der Waals surface area contributed by atoms with Crippen molar-refractivity contribution in [3.05, 3.63) is 29.8 Å². The van der Waals surface area contributed by atoms with Crippen molar-refractivity contribution in [2.75, 3.05) is 18.3 Å². The predicted octanol–water partition coefficient (Wildman–Crippen LogP) is 2.52. The smallest absolute Gasteiger partial charge is 0.234 e. The molecule has 0 aliphatic carbocycles. The van der Waals surface area contributed by atoms with Crippen LogP contribution in [-0.4, -0.2) is 24.3 Å². The Morgan fingerprint density at radius 1 is 1.28 bits per heavy atom. The molecule has 4 heteroatoms. The lowest BCUT2D eigenvalue weighted by atomic mass is 10.1. The maximum Gasteiger partial charge on any atom is 0.234 e. The summed E-state index contributed by atoms with van der Waals surface area (Å²) in [5.41, 5.74) is 2.36. The fraction of sp³-hybridized carbons (Fsp3) is 0.500. The third-order valence-corrected chi connectivity index (χ3v) is 3.02. The Labute approximate surface area is 108 Å². The molecular weight excluding hydrogens is 228 g/mol. The van der Waals surface area contributed by atoms with Gasteiger partial charge < -0.3 is 9.84 Å². The number of benzene rings is 1. The highest BCUT2D eigenvalue weighted by Crippen LogP contribution is 2.19. The Bertz CT molecular complexity index is 401. The summed E-state index contributed by atoms with van der Waals surface area (Å²) >= 11 is 0. The van der Waals surface area contributed by atoms with Gasteiger partial charge in [-0.1, -0.05) is 31.9 Å². The monoisotopic (exact) mass is 248 g/mol. The minimum absolute atomic E-state index is 0.147. The zero-order valence-electron chi connectivity index (χ0n) is 10.8. The number of hydrogen-bond acceptors (Lipinski definition) is 4. The minimum atomic E-state index is -0.147. The number of aliphatic hydroxyl groups excluding tert-OH is 1. The Balaban J connectivity index is 1.93. The van der Waals surface area contributed by atoms with Gasteiger partial charge in [0.1, 0.15) is 6.61 Å². The van der Waals surface area contributed by atoms with E-state index in [0.717, 1.165) is 12.1 Å². The molecule has 0 unspecified atom stereocenters. The van der Waals surface area contributed by atoms with E-state index in [1.165, 1.54) is 24.8 Å². The molecule has 0 spiro atoms. The molecule has 4 nitrogen and oxygen atoms in total. The number of anilines is 1. The van der Waals surface area contributed by atoms with Crippen molar-refractivity contribution in [3.63, 3.8) is 0 Å². The maximum absolute atomic E-state index is 8.91. The van der Waals surface area contributed by atoms with Gasteiger partial charge in [0.15, 0.2) is 6.73 Å². The lowest BCUT2D eigenvalue weighted by molar-refractivity contribution is 0.278. The van der Waals surface area contributed by atoms with E-state index in [2.05, 4.69) is 36.3 Å². The Hall–Kier alpha value is -1.55. The van der Waals surface area contributed by atoms with Gasteiger partial charge in [-0.2, -0.15) is 0 Å². The van der Waals surface area contributed by atoms with Crippen molar-refractivity contribution >= 4 is 11.6 Å². The molecule has 98 valence electrons. The Morgan fingerprint density at radius 3 is 2.67 bits per heavy atom. The molecular formula is C14H20N2O2. The summed E-state index contributed by atoms with van der Waals surface area (Å²) in [5, 5.41) is 14.8. The van der Waals surface area contributed by atoms with Crippen molar-refractivity contribution < 1.29 is 9.84 Å². The number of ether oxygens (including phenoxy) is 1. The summed E-state index contributed by atoms with van der Waals surface area (Å²) in [6, 6.07) is 8.37. The summed E-state index contributed by atoms with van der Waals surface area (Å²) < 4.78 is 5.20. The number of aryl methyl sites for hydroxylation is 1. The first kappa shape index (κ1) is 12.9. The maximum atomic E-state index is 8.91. The molecule has 0 radical (unpaired) electrons. The highest BCUT2D eigenvalue weighted by molar-refractivity contribution is 5.80. The van der Waals surface area contributed by atoms with Crippen LogP contribution in [0.2, 0.25) is 0 Å². The molecule has 0 saturated carbocycles. The molecule has 1 aliphatic rings. The lowest BCUT2D eigenvalue weighted by Crippen LogP contribution is -2.12. The predicted molar refractivity (Wildman–Crippen MR) is 72.6 cm³/mol. The van der Waals surface area contributed by atoms with Crippen LogP contribution in [0.15, 0.2) is 29.4 Å². The Morgan fingerprint density at radius 2 is 2.06 bits per heavy atom. The van der Waals surface area contributed by atoms with Gasteiger partial charge in [-0.15, -0.1) is 5.10 Å². The van der Waals surface area contributed by atoms with Gasteiger partial charge in [0, 0.05) is 0 Å². The molecule has 0 saturated heterocycles. The second kappa shape index (κ2) is 6.40. The highest BCUT2D eigenvalue weighted by atomic mass is 16.5. The van der Waals surface area contributed by atoms with E-state index < -0.39 is 0 Å². The molecule has 1 aromatic carbocycles. The highest BCUT2D eigenvalue weighted by Gasteiger charge is 2.15. The summed E-state index contributed by atoms with van der Waals surface area (Å²) in [6.07, 6.45) is 4.92. The van der Waals surface area contributed by atoms with Crippen molar-refractivity contribution in [2.24, 2.45) is 5.10 Å².